The van der Waals surface area contributed by atoms with E-state index < -0.39 is 10.0 Å². The number of para-hydroxylation sites is 1. The van der Waals surface area contributed by atoms with E-state index in [4.69, 9.17) is 4.74 Å². The quantitative estimate of drug-likeness (QED) is 0.770. The van der Waals surface area contributed by atoms with E-state index in [1.807, 2.05) is 31.2 Å². The van der Waals surface area contributed by atoms with Gasteiger partial charge in [-0.05, 0) is 43.4 Å². The fourth-order valence-electron chi connectivity index (χ4n) is 3.11. The summed E-state index contributed by atoms with van der Waals surface area (Å²) in [7, 11) is -3.31. The van der Waals surface area contributed by atoms with Crippen LogP contribution >= 0.6 is 0 Å². The van der Waals surface area contributed by atoms with Crippen molar-refractivity contribution in [3.8, 4) is 5.75 Å². The maximum absolute atomic E-state index is 13.6. The van der Waals surface area contributed by atoms with Crippen molar-refractivity contribution in [2.45, 2.75) is 25.5 Å². The Kier molecular flexibility index (Phi) is 5.94. The van der Waals surface area contributed by atoms with Crippen LogP contribution in [-0.4, -0.2) is 32.4 Å². The Labute approximate surface area is 154 Å². The van der Waals surface area contributed by atoms with Crippen LogP contribution in [0.15, 0.2) is 48.5 Å². The Morgan fingerprint density at radius 1 is 1.08 bits per heavy atom. The molecule has 6 heteroatoms. The standard InChI is InChI=1S/C20H24FNO3S/c1-16-6-8-18(9-7-16)15-26(23,24)22-12-10-17(11-13-22)14-25-20-5-3-2-4-19(20)21/h2-9,17H,10-15H2,1H3. The highest BCUT2D eigenvalue weighted by Gasteiger charge is 2.28. The molecule has 0 unspecified atom stereocenters. The van der Waals surface area contributed by atoms with Gasteiger partial charge in [-0.2, -0.15) is 0 Å². The lowest BCUT2D eigenvalue weighted by Gasteiger charge is -2.31. The average Bonchev–Trinajstić information content (AvgIpc) is 2.63. The van der Waals surface area contributed by atoms with Gasteiger partial charge in [0.15, 0.2) is 11.6 Å². The van der Waals surface area contributed by atoms with Gasteiger partial charge in [0.1, 0.15) is 0 Å². The minimum atomic E-state index is -3.31. The largest absolute Gasteiger partial charge is 0.490 e. The van der Waals surface area contributed by atoms with E-state index in [0.29, 0.717) is 19.7 Å². The van der Waals surface area contributed by atoms with Gasteiger partial charge >= 0.3 is 0 Å². The van der Waals surface area contributed by atoms with E-state index in [1.54, 1.807) is 22.5 Å². The second kappa shape index (κ2) is 8.18. The molecule has 26 heavy (non-hydrogen) atoms. The van der Waals surface area contributed by atoms with Crippen molar-refractivity contribution in [3.63, 3.8) is 0 Å². The number of hydrogen-bond donors (Lipinski definition) is 0. The zero-order chi connectivity index (χ0) is 18.6. The van der Waals surface area contributed by atoms with Gasteiger partial charge in [-0.15, -0.1) is 0 Å². The maximum Gasteiger partial charge on any atom is 0.218 e. The molecule has 1 heterocycles. The van der Waals surface area contributed by atoms with Crippen molar-refractivity contribution in [1.29, 1.82) is 0 Å². The third-order valence-electron chi connectivity index (χ3n) is 4.75. The lowest BCUT2D eigenvalue weighted by Crippen LogP contribution is -2.40. The van der Waals surface area contributed by atoms with E-state index in [9.17, 15) is 12.8 Å². The van der Waals surface area contributed by atoms with Crippen LogP contribution in [-0.2, 0) is 15.8 Å². The highest BCUT2D eigenvalue weighted by molar-refractivity contribution is 7.88. The molecule has 0 radical (unpaired) electrons. The smallest absolute Gasteiger partial charge is 0.218 e. The van der Waals surface area contributed by atoms with Gasteiger partial charge in [0.05, 0.1) is 12.4 Å². The molecule has 0 atom stereocenters. The lowest BCUT2D eigenvalue weighted by molar-refractivity contribution is 0.181. The Morgan fingerprint density at radius 2 is 1.73 bits per heavy atom. The molecule has 1 aliphatic rings. The number of sulfonamides is 1. The Hall–Kier alpha value is -1.92. The van der Waals surface area contributed by atoms with Crippen LogP contribution in [0.25, 0.3) is 0 Å². The third kappa shape index (κ3) is 4.83. The zero-order valence-electron chi connectivity index (χ0n) is 14.9. The molecular formula is C20H24FNO3S. The highest BCUT2D eigenvalue weighted by Crippen LogP contribution is 2.24. The van der Waals surface area contributed by atoms with Crippen molar-refractivity contribution in [2.24, 2.45) is 5.92 Å². The first-order chi connectivity index (χ1) is 12.4. The van der Waals surface area contributed by atoms with Crippen molar-refractivity contribution in [3.05, 3.63) is 65.5 Å². The van der Waals surface area contributed by atoms with E-state index in [-0.39, 0.29) is 23.2 Å². The average molecular weight is 377 g/mol. The number of aryl methyl sites for hydroxylation is 1. The van der Waals surface area contributed by atoms with Crippen molar-refractivity contribution in [2.75, 3.05) is 19.7 Å². The molecule has 4 nitrogen and oxygen atoms in total. The van der Waals surface area contributed by atoms with E-state index in [0.717, 1.165) is 24.0 Å². The normalized spacial score (nSPS) is 16.5. The number of nitrogens with zero attached hydrogens (tertiary/aromatic N) is 1. The number of ether oxygens (including phenoxy) is 1. The molecule has 0 spiro atoms. The summed E-state index contributed by atoms with van der Waals surface area (Å²) in [6.45, 7) is 3.36. The van der Waals surface area contributed by atoms with Crippen molar-refractivity contribution in [1.82, 2.24) is 4.31 Å². The molecule has 0 aromatic heterocycles. The Bertz CT molecular complexity index is 828. The van der Waals surface area contributed by atoms with Crippen LogP contribution in [0.1, 0.15) is 24.0 Å². The Balaban J connectivity index is 1.51. The first kappa shape index (κ1) is 18.9. The minimum absolute atomic E-state index is 0.0314. The molecular weight excluding hydrogens is 353 g/mol. The first-order valence-corrected chi connectivity index (χ1v) is 10.5. The zero-order valence-corrected chi connectivity index (χ0v) is 15.7. The van der Waals surface area contributed by atoms with E-state index in [2.05, 4.69) is 0 Å². The molecule has 1 fully saturated rings. The Morgan fingerprint density at radius 3 is 2.38 bits per heavy atom. The second-order valence-corrected chi connectivity index (χ2v) is 8.79. The summed E-state index contributed by atoms with van der Waals surface area (Å²) in [5.74, 6) is 0.150. The predicted octanol–water partition coefficient (Wildman–Crippen LogP) is 3.75. The topological polar surface area (TPSA) is 46.6 Å². The minimum Gasteiger partial charge on any atom is -0.490 e. The van der Waals surface area contributed by atoms with Crippen LogP contribution in [0.3, 0.4) is 0 Å². The summed E-state index contributed by atoms with van der Waals surface area (Å²) < 4.78 is 45.9. The predicted molar refractivity (Wildman–Crippen MR) is 100.0 cm³/mol. The van der Waals surface area contributed by atoms with Gasteiger partial charge in [0, 0.05) is 13.1 Å². The van der Waals surface area contributed by atoms with Gasteiger partial charge in [-0.1, -0.05) is 42.0 Å². The monoisotopic (exact) mass is 377 g/mol. The number of rotatable bonds is 6. The summed E-state index contributed by atoms with van der Waals surface area (Å²) in [5, 5.41) is 0. The number of benzene rings is 2. The molecule has 0 bridgehead atoms. The molecule has 0 N–H and O–H groups in total. The molecule has 2 aromatic rings. The molecule has 0 amide bonds. The van der Waals surface area contributed by atoms with Gasteiger partial charge in [0.25, 0.3) is 0 Å². The molecule has 1 saturated heterocycles. The summed E-state index contributed by atoms with van der Waals surface area (Å²) in [5.41, 5.74) is 1.92. The third-order valence-corrected chi connectivity index (χ3v) is 6.60. The first-order valence-electron chi connectivity index (χ1n) is 8.85. The maximum atomic E-state index is 13.6. The summed E-state index contributed by atoms with van der Waals surface area (Å²) >= 11 is 0. The van der Waals surface area contributed by atoms with Gasteiger partial charge in [-0.25, -0.2) is 17.1 Å². The fraction of sp³-hybridized carbons (Fsp3) is 0.400. The van der Waals surface area contributed by atoms with Crippen LogP contribution in [0, 0.1) is 18.7 Å². The van der Waals surface area contributed by atoms with Crippen LogP contribution < -0.4 is 4.74 Å². The molecule has 1 aliphatic heterocycles. The van der Waals surface area contributed by atoms with E-state index >= 15 is 0 Å². The second-order valence-electron chi connectivity index (χ2n) is 6.83. The van der Waals surface area contributed by atoms with Crippen molar-refractivity contribution >= 4 is 10.0 Å². The summed E-state index contributed by atoms with van der Waals surface area (Å²) in [4.78, 5) is 0. The number of hydrogen-bond acceptors (Lipinski definition) is 3. The summed E-state index contributed by atoms with van der Waals surface area (Å²) in [6.07, 6.45) is 1.45. The highest BCUT2D eigenvalue weighted by atomic mass is 32.2. The van der Waals surface area contributed by atoms with Gasteiger partial charge in [-0.3, -0.25) is 0 Å². The molecule has 140 valence electrons. The number of piperidine rings is 1. The molecule has 0 aliphatic carbocycles. The van der Waals surface area contributed by atoms with Gasteiger partial charge < -0.3 is 4.74 Å². The van der Waals surface area contributed by atoms with E-state index in [1.165, 1.54) is 6.07 Å². The summed E-state index contributed by atoms with van der Waals surface area (Å²) in [6, 6.07) is 13.9. The van der Waals surface area contributed by atoms with Crippen molar-refractivity contribution < 1.29 is 17.5 Å². The lowest BCUT2D eigenvalue weighted by atomic mass is 9.99. The van der Waals surface area contributed by atoms with Crippen LogP contribution in [0.2, 0.25) is 0 Å². The van der Waals surface area contributed by atoms with Crippen LogP contribution in [0.5, 0.6) is 5.75 Å². The van der Waals surface area contributed by atoms with Crippen LogP contribution in [0.4, 0.5) is 4.39 Å². The van der Waals surface area contributed by atoms with Gasteiger partial charge in [0.2, 0.25) is 10.0 Å². The molecule has 0 saturated carbocycles. The number of halogens is 1. The molecule has 2 aromatic carbocycles. The molecule has 3 rings (SSSR count). The SMILES string of the molecule is Cc1ccc(CS(=O)(=O)N2CCC(COc3ccccc3F)CC2)cc1. The fourth-order valence-corrected chi connectivity index (χ4v) is 4.67.